The SMILES string of the molecule is CN(CC(C)(C)CN)C(=O)C1(c2ccc(Cl)cc2)CC1. The van der Waals surface area contributed by atoms with Crippen molar-refractivity contribution < 1.29 is 4.79 Å². The summed E-state index contributed by atoms with van der Waals surface area (Å²) in [6.45, 7) is 5.41. The Labute approximate surface area is 126 Å². The lowest BCUT2D eigenvalue weighted by Crippen LogP contribution is -2.44. The molecule has 0 saturated heterocycles. The zero-order chi connectivity index (χ0) is 15.0. The molecule has 0 aliphatic heterocycles. The Kier molecular flexibility index (Phi) is 4.12. The van der Waals surface area contributed by atoms with Crippen LogP contribution in [0.1, 0.15) is 32.3 Å². The number of amides is 1. The number of nitrogens with two attached hydrogens (primary N) is 1. The van der Waals surface area contributed by atoms with Crippen LogP contribution in [0.15, 0.2) is 24.3 Å². The maximum absolute atomic E-state index is 12.8. The fraction of sp³-hybridized carbons (Fsp3) is 0.562. The fourth-order valence-electron chi connectivity index (χ4n) is 2.66. The lowest BCUT2D eigenvalue weighted by Gasteiger charge is -2.31. The number of halogens is 1. The summed E-state index contributed by atoms with van der Waals surface area (Å²) in [6, 6.07) is 7.65. The van der Waals surface area contributed by atoms with Gasteiger partial charge in [0.1, 0.15) is 0 Å². The first-order valence-corrected chi connectivity index (χ1v) is 7.40. The average molecular weight is 295 g/mol. The molecule has 20 heavy (non-hydrogen) atoms. The molecule has 3 nitrogen and oxygen atoms in total. The van der Waals surface area contributed by atoms with Gasteiger partial charge in [0.25, 0.3) is 0 Å². The van der Waals surface area contributed by atoms with Gasteiger partial charge in [-0.1, -0.05) is 37.6 Å². The van der Waals surface area contributed by atoms with Gasteiger partial charge < -0.3 is 10.6 Å². The number of rotatable bonds is 5. The van der Waals surface area contributed by atoms with E-state index in [9.17, 15) is 4.79 Å². The summed E-state index contributed by atoms with van der Waals surface area (Å²) in [5.41, 5.74) is 6.44. The summed E-state index contributed by atoms with van der Waals surface area (Å²) in [6.07, 6.45) is 1.84. The molecule has 110 valence electrons. The van der Waals surface area contributed by atoms with Crippen LogP contribution in [0.2, 0.25) is 5.02 Å². The van der Waals surface area contributed by atoms with Gasteiger partial charge in [-0.05, 0) is 42.5 Å². The quantitative estimate of drug-likeness (QED) is 0.908. The van der Waals surface area contributed by atoms with Gasteiger partial charge in [0, 0.05) is 18.6 Å². The zero-order valence-electron chi connectivity index (χ0n) is 12.4. The molecule has 0 bridgehead atoms. The van der Waals surface area contributed by atoms with Crippen LogP contribution in [-0.2, 0) is 10.2 Å². The van der Waals surface area contributed by atoms with Crippen molar-refractivity contribution >= 4 is 17.5 Å². The third-order valence-electron chi connectivity index (χ3n) is 4.12. The Morgan fingerprint density at radius 2 is 1.90 bits per heavy atom. The van der Waals surface area contributed by atoms with Crippen LogP contribution in [0.4, 0.5) is 0 Å². The molecule has 2 rings (SSSR count). The first kappa shape index (κ1) is 15.3. The molecule has 4 heteroatoms. The number of carbonyl (C=O) groups is 1. The normalized spacial score (nSPS) is 16.9. The van der Waals surface area contributed by atoms with Crippen molar-refractivity contribution in [3.63, 3.8) is 0 Å². The molecular formula is C16H23ClN2O. The lowest BCUT2D eigenvalue weighted by molar-refractivity contribution is -0.133. The highest BCUT2D eigenvalue weighted by atomic mass is 35.5. The minimum Gasteiger partial charge on any atom is -0.344 e. The second-order valence-corrected chi connectivity index (χ2v) is 7.05. The zero-order valence-corrected chi connectivity index (χ0v) is 13.2. The van der Waals surface area contributed by atoms with Gasteiger partial charge in [0.05, 0.1) is 5.41 Å². The number of nitrogens with zero attached hydrogens (tertiary/aromatic N) is 1. The van der Waals surface area contributed by atoms with Crippen molar-refractivity contribution in [1.29, 1.82) is 0 Å². The third kappa shape index (κ3) is 2.99. The third-order valence-corrected chi connectivity index (χ3v) is 4.37. The highest BCUT2D eigenvalue weighted by Crippen LogP contribution is 2.49. The van der Waals surface area contributed by atoms with Crippen LogP contribution >= 0.6 is 11.6 Å². The molecule has 1 aromatic rings. The van der Waals surface area contributed by atoms with E-state index in [2.05, 4.69) is 13.8 Å². The van der Waals surface area contributed by atoms with Crippen LogP contribution in [-0.4, -0.2) is 30.9 Å². The van der Waals surface area contributed by atoms with Crippen molar-refractivity contribution in [2.75, 3.05) is 20.1 Å². The van der Waals surface area contributed by atoms with E-state index >= 15 is 0 Å². The van der Waals surface area contributed by atoms with E-state index in [0.717, 1.165) is 18.4 Å². The van der Waals surface area contributed by atoms with Crippen LogP contribution < -0.4 is 5.73 Å². The van der Waals surface area contributed by atoms with Crippen LogP contribution in [0, 0.1) is 5.41 Å². The van der Waals surface area contributed by atoms with Crippen molar-refractivity contribution in [3.8, 4) is 0 Å². The summed E-state index contributed by atoms with van der Waals surface area (Å²) in [7, 11) is 1.87. The number of hydrogen-bond acceptors (Lipinski definition) is 2. The average Bonchev–Trinajstić information content (AvgIpc) is 3.19. The highest BCUT2D eigenvalue weighted by molar-refractivity contribution is 6.30. The van der Waals surface area contributed by atoms with Gasteiger partial charge in [0.2, 0.25) is 5.91 Å². The van der Waals surface area contributed by atoms with E-state index in [-0.39, 0.29) is 16.7 Å². The first-order valence-electron chi connectivity index (χ1n) is 7.02. The van der Waals surface area contributed by atoms with Crippen molar-refractivity contribution in [2.45, 2.75) is 32.1 Å². The monoisotopic (exact) mass is 294 g/mol. The van der Waals surface area contributed by atoms with Crippen molar-refractivity contribution in [2.24, 2.45) is 11.1 Å². The maximum Gasteiger partial charge on any atom is 0.232 e. The van der Waals surface area contributed by atoms with Gasteiger partial charge in [-0.3, -0.25) is 4.79 Å². The second kappa shape index (κ2) is 5.38. The summed E-state index contributed by atoms with van der Waals surface area (Å²) < 4.78 is 0. The molecule has 1 aliphatic rings. The van der Waals surface area contributed by atoms with E-state index < -0.39 is 0 Å². The number of hydrogen-bond donors (Lipinski definition) is 1. The van der Waals surface area contributed by atoms with E-state index in [1.54, 1.807) is 0 Å². The minimum absolute atomic E-state index is 0.0551. The van der Waals surface area contributed by atoms with E-state index in [0.29, 0.717) is 18.1 Å². The first-order chi connectivity index (χ1) is 9.31. The Balaban J connectivity index is 2.14. The molecule has 0 aromatic heterocycles. The molecular weight excluding hydrogens is 272 g/mol. The molecule has 0 heterocycles. The molecule has 1 amide bonds. The van der Waals surface area contributed by atoms with Gasteiger partial charge in [-0.15, -0.1) is 0 Å². The Morgan fingerprint density at radius 3 is 2.35 bits per heavy atom. The van der Waals surface area contributed by atoms with Gasteiger partial charge >= 0.3 is 0 Å². The van der Waals surface area contributed by atoms with Gasteiger partial charge in [0.15, 0.2) is 0 Å². The largest absolute Gasteiger partial charge is 0.344 e. The minimum atomic E-state index is -0.329. The standard InChI is InChI=1S/C16H23ClN2O/c1-15(2,10-18)11-19(3)14(20)16(8-9-16)12-4-6-13(17)7-5-12/h4-7H,8-11,18H2,1-3H3. The van der Waals surface area contributed by atoms with Crippen LogP contribution in [0.5, 0.6) is 0 Å². The maximum atomic E-state index is 12.8. The Morgan fingerprint density at radius 1 is 1.35 bits per heavy atom. The van der Waals surface area contributed by atoms with Gasteiger partial charge in [-0.25, -0.2) is 0 Å². The van der Waals surface area contributed by atoms with E-state index in [4.69, 9.17) is 17.3 Å². The van der Waals surface area contributed by atoms with Crippen molar-refractivity contribution in [1.82, 2.24) is 4.90 Å². The smallest absolute Gasteiger partial charge is 0.232 e. The molecule has 1 fully saturated rings. The molecule has 1 aromatic carbocycles. The van der Waals surface area contributed by atoms with E-state index in [1.807, 2.05) is 36.2 Å². The second-order valence-electron chi connectivity index (χ2n) is 6.62. The van der Waals surface area contributed by atoms with E-state index in [1.165, 1.54) is 0 Å². The molecule has 1 saturated carbocycles. The molecule has 0 radical (unpaired) electrons. The number of carbonyl (C=O) groups excluding carboxylic acids is 1. The molecule has 0 spiro atoms. The summed E-state index contributed by atoms with van der Waals surface area (Å²) >= 11 is 5.92. The molecule has 0 unspecified atom stereocenters. The highest BCUT2D eigenvalue weighted by Gasteiger charge is 2.52. The Hall–Kier alpha value is -1.06. The van der Waals surface area contributed by atoms with Crippen LogP contribution in [0.25, 0.3) is 0 Å². The van der Waals surface area contributed by atoms with Crippen LogP contribution in [0.3, 0.4) is 0 Å². The number of likely N-dealkylation sites (N-methyl/N-ethyl adjacent to an activating group) is 1. The lowest BCUT2D eigenvalue weighted by atomic mass is 9.90. The fourth-order valence-corrected chi connectivity index (χ4v) is 2.79. The molecule has 0 atom stereocenters. The van der Waals surface area contributed by atoms with Gasteiger partial charge in [-0.2, -0.15) is 0 Å². The molecule has 1 aliphatic carbocycles. The molecule has 2 N–H and O–H groups in total. The summed E-state index contributed by atoms with van der Waals surface area (Å²) in [5, 5.41) is 0.703. The predicted molar refractivity (Wildman–Crippen MR) is 82.8 cm³/mol. The topological polar surface area (TPSA) is 46.3 Å². The number of benzene rings is 1. The summed E-state index contributed by atoms with van der Waals surface area (Å²) in [5.74, 6) is 0.196. The van der Waals surface area contributed by atoms with Crippen molar-refractivity contribution in [3.05, 3.63) is 34.9 Å². The summed E-state index contributed by atoms with van der Waals surface area (Å²) in [4.78, 5) is 14.6. The predicted octanol–water partition coefficient (Wildman–Crippen LogP) is 2.81. The Bertz CT molecular complexity index is 492.